The van der Waals surface area contributed by atoms with Gasteiger partial charge in [-0.15, -0.1) is 11.6 Å². The number of piperidine rings is 1. The summed E-state index contributed by atoms with van der Waals surface area (Å²) in [6.07, 6.45) is 0.828. The number of amides is 1. The van der Waals surface area contributed by atoms with E-state index >= 15 is 0 Å². The molecule has 6 heteroatoms. The first-order valence-electron chi connectivity index (χ1n) is 5.62. The van der Waals surface area contributed by atoms with Gasteiger partial charge in [0.1, 0.15) is 0 Å². The van der Waals surface area contributed by atoms with E-state index in [-0.39, 0.29) is 5.38 Å². The molecule has 0 aliphatic carbocycles. The average molecular weight is 275 g/mol. The van der Waals surface area contributed by atoms with Crippen LogP contribution in [0.5, 0.6) is 0 Å². The van der Waals surface area contributed by atoms with E-state index < -0.39 is 6.09 Å². The summed E-state index contributed by atoms with van der Waals surface area (Å²) in [7, 11) is 0. The van der Waals surface area contributed by atoms with Crippen molar-refractivity contribution in [1.29, 1.82) is 0 Å². The van der Waals surface area contributed by atoms with Crippen molar-refractivity contribution in [1.82, 2.24) is 9.27 Å². The molecule has 1 saturated heterocycles. The van der Waals surface area contributed by atoms with Gasteiger partial charge in [-0.3, -0.25) is 0 Å². The minimum Gasteiger partial charge on any atom is -0.465 e. The van der Waals surface area contributed by atoms with Gasteiger partial charge >= 0.3 is 6.09 Å². The maximum absolute atomic E-state index is 10.8. The van der Waals surface area contributed by atoms with Gasteiger partial charge in [0.2, 0.25) is 0 Å². The fourth-order valence-corrected chi connectivity index (χ4v) is 3.50. The van der Waals surface area contributed by atoms with Gasteiger partial charge < -0.3 is 10.0 Å². The van der Waals surface area contributed by atoms with Crippen LogP contribution in [0.1, 0.15) is 29.5 Å². The van der Waals surface area contributed by atoms with Crippen molar-refractivity contribution < 1.29 is 9.90 Å². The van der Waals surface area contributed by atoms with Gasteiger partial charge in [0, 0.05) is 24.0 Å². The Kier molecular flexibility index (Phi) is 3.89. The highest BCUT2D eigenvalue weighted by Gasteiger charge is 2.29. The summed E-state index contributed by atoms with van der Waals surface area (Å²) in [6, 6.07) is 0. The Morgan fingerprint density at radius 2 is 2.29 bits per heavy atom. The normalized spacial score (nSPS) is 19.3. The van der Waals surface area contributed by atoms with E-state index in [1.54, 1.807) is 0 Å². The van der Waals surface area contributed by atoms with Crippen molar-refractivity contribution in [3.8, 4) is 0 Å². The van der Waals surface area contributed by atoms with Gasteiger partial charge in [-0.2, -0.15) is 4.37 Å². The van der Waals surface area contributed by atoms with Gasteiger partial charge in [0.25, 0.3) is 0 Å². The molecule has 0 bridgehead atoms. The van der Waals surface area contributed by atoms with Crippen molar-refractivity contribution in [2.24, 2.45) is 5.92 Å². The molecule has 1 unspecified atom stereocenters. The van der Waals surface area contributed by atoms with Crippen LogP contribution in [0.4, 0.5) is 4.79 Å². The molecule has 2 rings (SSSR count). The summed E-state index contributed by atoms with van der Waals surface area (Å²) in [5.41, 5.74) is 2.10. The van der Waals surface area contributed by atoms with Gasteiger partial charge in [-0.25, -0.2) is 4.79 Å². The van der Waals surface area contributed by atoms with Crippen LogP contribution in [0, 0.1) is 12.8 Å². The highest BCUT2D eigenvalue weighted by atomic mass is 35.5. The van der Waals surface area contributed by atoms with E-state index in [0.29, 0.717) is 19.0 Å². The number of likely N-dealkylation sites (tertiary alicyclic amines) is 1. The molecule has 1 amide bonds. The topological polar surface area (TPSA) is 53.4 Å². The first-order chi connectivity index (χ1) is 8.09. The first-order valence-corrected chi connectivity index (χ1v) is 6.89. The lowest BCUT2D eigenvalue weighted by Crippen LogP contribution is -2.38. The molecular weight excluding hydrogens is 260 g/mol. The number of halogens is 1. The van der Waals surface area contributed by atoms with E-state index in [0.717, 1.165) is 24.1 Å². The largest absolute Gasteiger partial charge is 0.465 e. The van der Waals surface area contributed by atoms with Gasteiger partial charge in [-0.05, 0) is 37.2 Å². The Hall–Kier alpha value is -0.810. The highest BCUT2D eigenvalue weighted by molar-refractivity contribution is 7.03. The fourth-order valence-electron chi connectivity index (χ4n) is 2.20. The smallest absolute Gasteiger partial charge is 0.407 e. The molecule has 1 aliphatic heterocycles. The zero-order valence-corrected chi connectivity index (χ0v) is 11.2. The molecular formula is C11H15ClN2O2S. The molecule has 1 aromatic heterocycles. The van der Waals surface area contributed by atoms with Crippen LogP contribution < -0.4 is 0 Å². The summed E-state index contributed by atoms with van der Waals surface area (Å²) in [5.74, 6) is 0.349. The number of aryl methyl sites for hydroxylation is 1. The zero-order valence-electron chi connectivity index (χ0n) is 9.60. The third-order valence-electron chi connectivity index (χ3n) is 3.31. The number of carboxylic acid groups (broad SMARTS) is 1. The van der Waals surface area contributed by atoms with Gasteiger partial charge in [-0.1, -0.05) is 0 Å². The van der Waals surface area contributed by atoms with Crippen LogP contribution in [-0.2, 0) is 0 Å². The van der Waals surface area contributed by atoms with Crippen molar-refractivity contribution >= 4 is 29.2 Å². The molecule has 0 spiro atoms. The minimum absolute atomic E-state index is 0.0373. The number of aromatic nitrogens is 1. The maximum Gasteiger partial charge on any atom is 0.407 e. The predicted molar refractivity (Wildman–Crippen MR) is 67.8 cm³/mol. The lowest BCUT2D eigenvalue weighted by molar-refractivity contribution is 0.124. The molecule has 1 aliphatic rings. The molecule has 94 valence electrons. The Balaban J connectivity index is 1.97. The number of alkyl halides is 1. The van der Waals surface area contributed by atoms with Crippen LogP contribution in [0.2, 0.25) is 0 Å². The lowest BCUT2D eigenvalue weighted by atomic mass is 9.90. The number of hydrogen-bond acceptors (Lipinski definition) is 3. The summed E-state index contributed by atoms with van der Waals surface area (Å²) >= 11 is 7.88. The van der Waals surface area contributed by atoms with Crippen molar-refractivity contribution in [3.05, 3.63) is 16.6 Å². The second-order valence-corrected chi connectivity index (χ2v) is 5.46. The quantitative estimate of drug-likeness (QED) is 0.843. The number of nitrogens with zero attached hydrogens (tertiary/aromatic N) is 2. The first kappa shape index (κ1) is 12.6. The van der Waals surface area contributed by atoms with Crippen molar-refractivity contribution in [3.63, 3.8) is 0 Å². The fraction of sp³-hybridized carbons (Fsp3) is 0.636. The van der Waals surface area contributed by atoms with Crippen LogP contribution in [0.25, 0.3) is 0 Å². The molecule has 1 fully saturated rings. The van der Waals surface area contributed by atoms with Crippen LogP contribution in [0.3, 0.4) is 0 Å². The Bertz CT molecular complexity index is 402. The molecule has 0 aromatic carbocycles. The molecule has 1 N–H and O–H groups in total. The number of rotatable bonds is 2. The second kappa shape index (κ2) is 5.23. The molecule has 1 aromatic rings. The third-order valence-corrected chi connectivity index (χ3v) is 4.64. The highest BCUT2D eigenvalue weighted by Crippen LogP contribution is 2.37. The monoisotopic (exact) mass is 274 g/mol. The summed E-state index contributed by atoms with van der Waals surface area (Å²) in [5, 5.41) is 10.8. The van der Waals surface area contributed by atoms with Gasteiger partial charge in [0.05, 0.1) is 11.1 Å². The molecule has 17 heavy (non-hydrogen) atoms. The van der Waals surface area contributed by atoms with Crippen LogP contribution in [-0.4, -0.2) is 33.6 Å². The number of carbonyl (C=O) groups is 1. The molecule has 4 nitrogen and oxygen atoms in total. The second-order valence-electron chi connectivity index (χ2n) is 4.36. The maximum atomic E-state index is 10.8. The summed E-state index contributed by atoms with van der Waals surface area (Å²) < 4.78 is 4.23. The summed E-state index contributed by atoms with van der Waals surface area (Å²) in [6.45, 7) is 3.13. The van der Waals surface area contributed by atoms with E-state index in [9.17, 15) is 4.79 Å². The van der Waals surface area contributed by atoms with E-state index in [1.807, 2.05) is 12.3 Å². The zero-order chi connectivity index (χ0) is 12.4. The van der Waals surface area contributed by atoms with Crippen LogP contribution >= 0.6 is 23.1 Å². The van der Waals surface area contributed by atoms with Gasteiger partial charge in [0.15, 0.2) is 0 Å². The van der Waals surface area contributed by atoms with E-state index in [1.165, 1.54) is 16.4 Å². The Morgan fingerprint density at radius 1 is 1.65 bits per heavy atom. The predicted octanol–water partition coefficient (Wildman–Crippen LogP) is 3.12. The Labute approximate surface area is 109 Å². The van der Waals surface area contributed by atoms with Crippen molar-refractivity contribution in [2.45, 2.75) is 25.1 Å². The third kappa shape index (κ3) is 2.72. The standard InChI is InChI=1S/C11H15ClN2O2S/c1-7-9(6-17-13-7)10(12)8-2-4-14(5-3-8)11(15)16/h6,8,10H,2-5H2,1H3,(H,15,16). The molecule has 2 heterocycles. The average Bonchev–Trinajstić information content (AvgIpc) is 2.74. The molecule has 1 atom stereocenters. The minimum atomic E-state index is -0.831. The Morgan fingerprint density at radius 3 is 2.76 bits per heavy atom. The molecule has 0 radical (unpaired) electrons. The molecule has 0 saturated carbocycles. The van der Waals surface area contributed by atoms with E-state index in [2.05, 4.69) is 4.37 Å². The summed E-state index contributed by atoms with van der Waals surface area (Å²) in [4.78, 5) is 12.3. The number of hydrogen-bond donors (Lipinski definition) is 1. The van der Waals surface area contributed by atoms with E-state index in [4.69, 9.17) is 16.7 Å². The SMILES string of the molecule is Cc1nscc1C(Cl)C1CCN(C(=O)O)CC1. The lowest BCUT2D eigenvalue weighted by Gasteiger charge is -2.32. The van der Waals surface area contributed by atoms with Crippen LogP contribution in [0.15, 0.2) is 5.38 Å². The van der Waals surface area contributed by atoms with Crippen molar-refractivity contribution in [2.75, 3.05) is 13.1 Å².